The number of nitrogens with zero attached hydrogens (tertiary/aromatic N) is 4. The zero-order valence-corrected chi connectivity index (χ0v) is 18.0. The molecule has 3 aromatic heterocycles. The molecule has 9 nitrogen and oxygen atoms in total. The van der Waals surface area contributed by atoms with Crippen LogP contribution in [0.25, 0.3) is 33.3 Å². The summed E-state index contributed by atoms with van der Waals surface area (Å²) in [7, 11) is 5.52. The smallest absolute Gasteiger partial charge is 0.242 e. The number of aryl methyl sites for hydroxylation is 1. The second-order valence-electron chi connectivity index (χ2n) is 7.57. The van der Waals surface area contributed by atoms with Gasteiger partial charge in [-0.05, 0) is 23.3 Å². The summed E-state index contributed by atoms with van der Waals surface area (Å²) in [6, 6.07) is 10.1. The minimum Gasteiger partial charge on any atom is -0.371 e. The number of rotatable bonds is 6. The van der Waals surface area contributed by atoms with Crippen molar-refractivity contribution in [3.05, 3.63) is 42.2 Å². The van der Waals surface area contributed by atoms with Crippen LogP contribution in [0.1, 0.15) is 12.5 Å². The normalized spacial score (nSPS) is 11.1. The van der Waals surface area contributed by atoms with Crippen molar-refractivity contribution < 1.29 is 9.59 Å². The van der Waals surface area contributed by atoms with Crippen LogP contribution in [0.3, 0.4) is 0 Å². The summed E-state index contributed by atoms with van der Waals surface area (Å²) < 4.78 is 1.99. The molecular formula is C22H25N7O2. The zero-order valence-electron chi connectivity index (χ0n) is 18.0. The van der Waals surface area contributed by atoms with Crippen molar-refractivity contribution in [2.75, 3.05) is 26.0 Å². The number of imidazole rings is 1. The molecule has 4 aromatic rings. The molecule has 0 saturated heterocycles. The molecule has 0 bridgehead atoms. The maximum absolute atomic E-state index is 12.2. The standard InChI is InChI=1S/C22H25N7O2/c1-13(30)24-10-18(31)28(3)11-14-6-5-7-15(8-14)17-9-16-20-19(25-12-29(20)4)22(23-2)27-21(16)26-17/h5-9,12H,10-11H2,1-4H3,(H,24,30)(H2,23,26,27). The molecule has 0 aliphatic heterocycles. The van der Waals surface area contributed by atoms with Gasteiger partial charge in [0.15, 0.2) is 5.82 Å². The maximum atomic E-state index is 12.2. The Hall–Kier alpha value is -3.88. The lowest BCUT2D eigenvalue weighted by Crippen LogP contribution is -2.36. The number of aromatic amines is 1. The highest BCUT2D eigenvalue weighted by Crippen LogP contribution is 2.31. The summed E-state index contributed by atoms with van der Waals surface area (Å²) in [6.07, 6.45) is 1.79. The van der Waals surface area contributed by atoms with Crippen molar-refractivity contribution in [3.63, 3.8) is 0 Å². The first kappa shape index (κ1) is 20.4. The number of carbonyl (C=O) groups excluding carboxylic acids is 2. The quantitative estimate of drug-likeness (QED) is 0.444. The molecule has 9 heteroatoms. The topological polar surface area (TPSA) is 108 Å². The molecule has 0 unspecified atom stereocenters. The number of nitrogens with one attached hydrogen (secondary N) is 3. The predicted molar refractivity (Wildman–Crippen MR) is 121 cm³/mol. The number of pyridine rings is 1. The Bertz CT molecular complexity index is 1290. The first-order chi connectivity index (χ1) is 14.9. The third kappa shape index (κ3) is 3.94. The van der Waals surface area contributed by atoms with Crippen LogP contribution in [0.2, 0.25) is 0 Å². The van der Waals surface area contributed by atoms with Gasteiger partial charge in [-0.25, -0.2) is 9.97 Å². The van der Waals surface area contributed by atoms with E-state index in [0.717, 1.165) is 44.7 Å². The molecule has 0 fully saturated rings. The monoisotopic (exact) mass is 419 g/mol. The van der Waals surface area contributed by atoms with Gasteiger partial charge in [0.2, 0.25) is 11.8 Å². The molecular weight excluding hydrogens is 394 g/mol. The summed E-state index contributed by atoms with van der Waals surface area (Å²) in [5.41, 5.74) is 5.55. The van der Waals surface area contributed by atoms with Gasteiger partial charge in [-0.1, -0.05) is 18.2 Å². The number of anilines is 1. The highest BCUT2D eigenvalue weighted by Gasteiger charge is 2.16. The molecule has 0 spiro atoms. The van der Waals surface area contributed by atoms with Gasteiger partial charge in [0.1, 0.15) is 11.2 Å². The molecule has 4 rings (SSSR count). The van der Waals surface area contributed by atoms with Crippen LogP contribution in [-0.2, 0) is 23.2 Å². The number of hydrogen-bond acceptors (Lipinski definition) is 5. The molecule has 1 aromatic carbocycles. The van der Waals surface area contributed by atoms with Gasteiger partial charge in [-0.2, -0.15) is 0 Å². The molecule has 2 amide bonds. The van der Waals surface area contributed by atoms with Gasteiger partial charge in [0.25, 0.3) is 0 Å². The molecule has 3 heterocycles. The molecule has 3 N–H and O–H groups in total. The number of likely N-dealkylation sites (N-methyl/N-ethyl adjacent to an activating group) is 1. The van der Waals surface area contributed by atoms with Crippen molar-refractivity contribution >= 4 is 39.7 Å². The lowest BCUT2D eigenvalue weighted by molar-refractivity contribution is -0.131. The number of hydrogen-bond donors (Lipinski definition) is 3. The van der Waals surface area contributed by atoms with Crippen LogP contribution in [0.5, 0.6) is 0 Å². The van der Waals surface area contributed by atoms with Crippen LogP contribution in [-0.4, -0.2) is 56.9 Å². The fourth-order valence-corrected chi connectivity index (χ4v) is 3.66. The molecule has 0 saturated carbocycles. The molecule has 0 atom stereocenters. The SMILES string of the molecule is CNc1nc2[nH]c(-c3cccc(CN(C)C(=O)CNC(C)=O)c3)cc2c2c1ncn2C. The van der Waals surface area contributed by atoms with Crippen molar-refractivity contribution in [3.8, 4) is 11.3 Å². The lowest BCUT2D eigenvalue weighted by atomic mass is 10.1. The molecule has 0 radical (unpaired) electrons. The van der Waals surface area contributed by atoms with Crippen LogP contribution >= 0.6 is 0 Å². The fourth-order valence-electron chi connectivity index (χ4n) is 3.66. The average molecular weight is 419 g/mol. The van der Waals surface area contributed by atoms with Crippen LogP contribution in [0.15, 0.2) is 36.7 Å². The predicted octanol–water partition coefficient (Wildman–Crippen LogP) is 2.25. The van der Waals surface area contributed by atoms with E-state index in [1.165, 1.54) is 6.92 Å². The average Bonchev–Trinajstić information content (AvgIpc) is 3.35. The zero-order chi connectivity index (χ0) is 22.1. The van der Waals surface area contributed by atoms with Crippen LogP contribution in [0.4, 0.5) is 5.82 Å². The summed E-state index contributed by atoms with van der Waals surface area (Å²) in [6.45, 7) is 1.83. The summed E-state index contributed by atoms with van der Waals surface area (Å²) in [5, 5.41) is 6.65. The van der Waals surface area contributed by atoms with Gasteiger partial charge in [0, 0.05) is 45.7 Å². The second kappa shape index (κ2) is 8.10. The minimum atomic E-state index is -0.222. The third-order valence-electron chi connectivity index (χ3n) is 5.25. The first-order valence-corrected chi connectivity index (χ1v) is 9.96. The van der Waals surface area contributed by atoms with Crippen molar-refractivity contribution in [2.45, 2.75) is 13.5 Å². The number of amides is 2. The second-order valence-corrected chi connectivity index (χ2v) is 7.57. The number of H-pyrrole nitrogens is 1. The molecule has 31 heavy (non-hydrogen) atoms. The van der Waals surface area contributed by atoms with Gasteiger partial charge < -0.3 is 25.1 Å². The van der Waals surface area contributed by atoms with E-state index in [-0.39, 0.29) is 18.4 Å². The first-order valence-electron chi connectivity index (χ1n) is 9.96. The Balaban J connectivity index is 1.65. The number of benzene rings is 1. The van der Waals surface area contributed by atoms with Gasteiger partial charge in [0.05, 0.1) is 18.4 Å². The van der Waals surface area contributed by atoms with Gasteiger partial charge in [-0.3, -0.25) is 9.59 Å². The van der Waals surface area contributed by atoms with Crippen LogP contribution < -0.4 is 10.6 Å². The Labute approximate surface area is 179 Å². The van der Waals surface area contributed by atoms with Gasteiger partial charge in [-0.15, -0.1) is 0 Å². The van der Waals surface area contributed by atoms with Crippen molar-refractivity contribution in [2.24, 2.45) is 7.05 Å². The number of fused-ring (bicyclic) bond motifs is 3. The summed E-state index contributed by atoms with van der Waals surface area (Å²) in [5.74, 6) is 0.360. The fraction of sp³-hybridized carbons (Fsp3) is 0.273. The van der Waals surface area contributed by atoms with E-state index >= 15 is 0 Å². The van der Waals surface area contributed by atoms with E-state index in [4.69, 9.17) is 0 Å². The maximum Gasteiger partial charge on any atom is 0.242 e. The van der Waals surface area contributed by atoms with Crippen LogP contribution in [0, 0.1) is 0 Å². The highest BCUT2D eigenvalue weighted by molar-refractivity contribution is 6.07. The highest BCUT2D eigenvalue weighted by atomic mass is 16.2. The van der Waals surface area contributed by atoms with Crippen molar-refractivity contribution in [1.29, 1.82) is 0 Å². The Morgan fingerprint density at radius 1 is 1.26 bits per heavy atom. The van der Waals surface area contributed by atoms with E-state index < -0.39 is 0 Å². The van der Waals surface area contributed by atoms with E-state index in [1.54, 1.807) is 18.3 Å². The van der Waals surface area contributed by atoms with E-state index in [0.29, 0.717) is 6.54 Å². The summed E-state index contributed by atoms with van der Waals surface area (Å²) in [4.78, 5) is 37.4. The Morgan fingerprint density at radius 3 is 2.81 bits per heavy atom. The minimum absolute atomic E-state index is 0.00624. The van der Waals surface area contributed by atoms with E-state index in [1.807, 2.05) is 42.9 Å². The van der Waals surface area contributed by atoms with E-state index in [2.05, 4.69) is 31.7 Å². The Morgan fingerprint density at radius 2 is 2.06 bits per heavy atom. The van der Waals surface area contributed by atoms with E-state index in [9.17, 15) is 9.59 Å². The molecule has 0 aliphatic rings. The summed E-state index contributed by atoms with van der Waals surface area (Å²) >= 11 is 0. The molecule has 160 valence electrons. The largest absolute Gasteiger partial charge is 0.371 e. The molecule has 0 aliphatic carbocycles. The lowest BCUT2D eigenvalue weighted by Gasteiger charge is -2.17. The number of carbonyl (C=O) groups is 2. The number of aromatic nitrogens is 4. The third-order valence-corrected chi connectivity index (χ3v) is 5.25. The van der Waals surface area contributed by atoms with Gasteiger partial charge >= 0.3 is 0 Å². The van der Waals surface area contributed by atoms with Crippen molar-refractivity contribution in [1.82, 2.24) is 29.7 Å². The Kier molecular flexibility index (Phi) is 5.33.